The van der Waals surface area contributed by atoms with Crippen molar-refractivity contribution in [3.05, 3.63) is 78.4 Å². The minimum atomic E-state index is -3.98. The van der Waals surface area contributed by atoms with Gasteiger partial charge in [-0.25, -0.2) is 9.80 Å². The lowest BCUT2D eigenvalue weighted by Crippen LogP contribution is -2.51. The van der Waals surface area contributed by atoms with Crippen LogP contribution in [0.3, 0.4) is 0 Å². The second-order valence-corrected chi connectivity index (χ2v) is 9.16. The minimum absolute atomic E-state index is 0.0935. The van der Waals surface area contributed by atoms with Gasteiger partial charge in [0.05, 0.1) is 36.5 Å². The molecular weight excluding hydrogens is 444 g/mol. The van der Waals surface area contributed by atoms with E-state index in [1.807, 2.05) is 6.07 Å². The fraction of sp³-hybridized carbons (Fsp3) is 0.208. The average molecular weight is 469 g/mol. The number of hydrazine groups is 1. The van der Waals surface area contributed by atoms with Crippen molar-refractivity contribution in [2.75, 3.05) is 37.8 Å². The molecule has 1 saturated heterocycles. The van der Waals surface area contributed by atoms with Crippen LogP contribution in [-0.2, 0) is 14.8 Å². The molecule has 0 unspecified atom stereocenters. The van der Waals surface area contributed by atoms with Gasteiger partial charge in [-0.15, -0.1) is 0 Å². The highest BCUT2D eigenvalue weighted by Gasteiger charge is 2.32. The molecule has 3 aromatic rings. The summed E-state index contributed by atoms with van der Waals surface area (Å²) in [7, 11) is -2.47. The van der Waals surface area contributed by atoms with Crippen LogP contribution < -0.4 is 9.15 Å². The molecule has 0 bridgehead atoms. The molecule has 3 aromatic carbocycles. The molecule has 33 heavy (non-hydrogen) atoms. The van der Waals surface area contributed by atoms with Crippen molar-refractivity contribution in [3.8, 4) is 16.9 Å². The highest BCUT2D eigenvalue weighted by molar-refractivity contribution is 7.92. The van der Waals surface area contributed by atoms with Crippen molar-refractivity contribution >= 4 is 21.7 Å². The van der Waals surface area contributed by atoms with Crippen LogP contribution in [0, 0.1) is 0 Å². The Morgan fingerprint density at radius 2 is 1.67 bits per heavy atom. The Hall–Kier alpha value is -3.40. The van der Waals surface area contributed by atoms with Crippen molar-refractivity contribution in [3.63, 3.8) is 0 Å². The number of hydrogen-bond donors (Lipinski definition) is 1. The summed E-state index contributed by atoms with van der Waals surface area (Å²) in [6.45, 7) is 1.74. The van der Waals surface area contributed by atoms with E-state index in [-0.39, 0.29) is 10.5 Å². The number of morpholine rings is 1. The van der Waals surface area contributed by atoms with Crippen LogP contribution in [0.25, 0.3) is 11.1 Å². The second-order valence-electron chi connectivity index (χ2n) is 7.39. The van der Waals surface area contributed by atoms with Gasteiger partial charge in [0.25, 0.3) is 10.0 Å². The first-order chi connectivity index (χ1) is 15.9. The van der Waals surface area contributed by atoms with Gasteiger partial charge in [0.1, 0.15) is 5.75 Å². The molecule has 0 amide bonds. The number of carboxylic acid groups (broad SMARTS) is 1. The summed E-state index contributed by atoms with van der Waals surface area (Å²) in [6, 6.07) is 19.8. The summed E-state index contributed by atoms with van der Waals surface area (Å²) < 4.78 is 40.0. The molecule has 1 N–H and O–H groups in total. The molecule has 0 radical (unpaired) electrons. The molecule has 0 atom stereocenters. The van der Waals surface area contributed by atoms with Crippen LogP contribution in [0.5, 0.6) is 5.75 Å². The fourth-order valence-corrected chi connectivity index (χ4v) is 5.28. The maximum atomic E-state index is 13.9. The van der Waals surface area contributed by atoms with Gasteiger partial charge in [-0.05, 0) is 48.0 Å². The number of rotatable bonds is 7. The van der Waals surface area contributed by atoms with Crippen LogP contribution in [0.1, 0.15) is 10.4 Å². The molecule has 1 aliphatic rings. The number of para-hydroxylation sites is 1. The summed E-state index contributed by atoms with van der Waals surface area (Å²) in [4.78, 5) is 11.3. The number of methoxy groups -OCH3 is 1. The maximum Gasteiger partial charge on any atom is 0.335 e. The van der Waals surface area contributed by atoms with E-state index in [0.29, 0.717) is 48.9 Å². The van der Waals surface area contributed by atoms with E-state index in [1.165, 1.54) is 29.7 Å². The van der Waals surface area contributed by atoms with E-state index in [4.69, 9.17) is 14.6 Å². The van der Waals surface area contributed by atoms with E-state index < -0.39 is 16.0 Å². The minimum Gasteiger partial charge on any atom is -0.496 e. The Balaban J connectivity index is 1.80. The Bertz CT molecular complexity index is 1220. The highest BCUT2D eigenvalue weighted by Crippen LogP contribution is 2.35. The van der Waals surface area contributed by atoms with Gasteiger partial charge in [0.2, 0.25) is 0 Å². The SMILES string of the molecule is COc1ccc(S(=O)(=O)N(c2ccccc2)N2CCOCC2)cc1-c1ccc(C(=O)O)cc1. The lowest BCUT2D eigenvalue weighted by atomic mass is 10.0. The summed E-state index contributed by atoms with van der Waals surface area (Å²) in [5.74, 6) is -0.552. The first kappa shape index (κ1) is 22.8. The van der Waals surface area contributed by atoms with E-state index in [2.05, 4.69) is 0 Å². The molecule has 0 aromatic heterocycles. The zero-order valence-corrected chi connectivity index (χ0v) is 18.9. The number of sulfonamides is 1. The monoisotopic (exact) mass is 468 g/mol. The number of anilines is 1. The van der Waals surface area contributed by atoms with Gasteiger partial charge in [-0.2, -0.15) is 12.8 Å². The molecule has 0 aliphatic carbocycles. The van der Waals surface area contributed by atoms with Gasteiger partial charge < -0.3 is 14.6 Å². The molecule has 9 heteroatoms. The summed E-state index contributed by atoms with van der Waals surface area (Å²) in [5, 5.41) is 10.9. The Labute approximate surface area is 192 Å². The quantitative estimate of drug-likeness (QED) is 0.567. The molecule has 1 heterocycles. The van der Waals surface area contributed by atoms with Gasteiger partial charge >= 0.3 is 5.97 Å². The predicted molar refractivity (Wildman–Crippen MR) is 124 cm³/mol. The smallest absolute Gasteiger partial charge is 0.335 e. The Morgan fingerprint density at radius 1 is 1.00 bits per heavy atom. The van der Waals surface area contributed by atoms with Crippen LogP contribution in [0.2, 0.25) is 0 Å². The summed E-state index contributed by atoms with van der Waals surface area (Å²) in [6.07, 6.45) is 0. The van der Waals surface area contributed by atoms with Crippen LogP contribution in [-0.4, -0.2) is 57.9 Å². The van der Waals surface area contributed by atoms with Gasteiger partial charge in [-0.1, -0.05) is 30.3 Å². The normalized spacial score (nSPS) is 14.6. The van der Waals surface area contributed by atoms with Gasteiger partial charge in [0, 0.05) is 18.7 Å². The van der Waals surface area contributed by atoms with Crippen LogP contribution >= 0.6 is 0 Å². The summed E-state index contributed by atoms with van der Waals surface area (Å²) in [5.41, 5.74) is 1.86. The van der Waals surface area contributed by atoms with E-state index in [0.717, 1.165) is 0 Å². The predicted octanol–water partition coefficient (Wildman–Crippen LogP) is 3.50. The van der Waals surface area contributed by atoms with Crippen molar-refractivity contribution in [2.24, 2.45) is 0 Å². The van der Waals surface area contributed by atoms with E-state index >= 15 is 0 Å². The lowest BCUT2D eigenvalue weighted by molar-refractivity contribution is 0.0409. The molecule has 1 aliphatic heterocycles. The zero-order chi connectivity index (χ0) is 23.4. The number of benzene rings is 3. The zero-order valence-electron chi connectivity index (χ0n) is 18.0. The van der Waals surface area contributed by atoms with Crippen molar-refractivity contribution in [1.29, 1.82) is 0 Å². The molecule has 1 fully saturated rings. The first-order valence-electron chi connectivity index (χ1n) is 10.4. The Morgan fingerprint density at radius 3 is 2.27 bits per heavy atom. The lowest BCUT2D eigenvalue weighted by Gasteiger charge is -2.37. The van der Waals surface area contributed by atoms with Gasteiger partial charge in [0.15, 0.2) is 0 Å². The molecule has 4 rings (SSSR count). The third-order valence-corrected chi connectivity index (χ3v) is 7.11. The standard InChI is InChI=1S/C24H24N2O6S/c1-31-23-12-11-21(17-22(23)18-7-9-19(10-8-18)24(27)28)33(29,30)26(20-5-3-2-4-6-20)25-13-15-32-16-14-25/h2-12,17H,13-16H2,1H3,(H,27,28). The average Bonchev–Trinajstić information content (AvgIpc) is 2.85. The third kappa shape index (κ3) is 4.70. The maximum absolute atomic E-state index is 13.9. The van der Waals surface area contributed by atoms with E-state index in [1.54, 1.807) is 53.5 Å². The Kier molecular flexibility index (Phi) is 6.64. The molecule has 0 spiro atoms. The highest BCUT2D eigenvalue weighted by atomic mass is 32.2. The number of ether oxygens (including phenoxy) is 2. The van der Waals surface area contributed by atoms with Gasteiger partial charge in [-0.3, -0.25) is 0 Å². The van der Waals surface area contributed by atoms with E-state index in [9.17, 15) is 13.2 Å². The molecule has 8 nitrogen and oxygen atoms in total. The summed E-state index contributed by atoms with van der Waals surface area (Å²) >= 11 is 0. The van der Waals surface area contributed by atoms with Crippen molar-refractivity contribution in [1.82, 2.24) is 5.01 Å². The molecular formula is C24H24N2O6S. The van der Waals surface area contributed by atoms with Crippen molar-refractivity contribution in [2.45, 2.75) is 4.90 Å². The number of aromatic carboxylic acids is 1. The number of hydrogen-bond acceptors (Lipinski definition) is 6. The topological polar surface area (TPSA) is 96.4 Å². The number of carboxylic acids is 1. The molecule has 172 valence electrons. The van der Waals surface area contributed by atoms with Crippen LogP contribution in [0.15, 0.2) is 77.7 Å². The van der Waals surface area contributed by atoms with Crippen LogP contribution in [0.4, 0.5) is 5.69 Å². The van der Waals surface area contributed by atoms with Crippen molar-refractivity contribution < 1.29 is 27.8 Å². The third-order valence-electron chi connectivity index (χ3n) is 5.36. The number of nitrogens with zero attached hydrogens (tertiary/aromatic N) is 2. The number of carbonyl (C=O) groups is 1. The first-order valence-corrected chi connectivity index (χ1v) is 11.8. The largest absolute Gasteiger partial charge is 0.496 e. The second kappa shape index (κ2) is 9.62. The fourth-order valence-electron chi connectivity index (χ4n) is 3.71. The molecule has 0 saturated carbocycles.